The lowest BCUT2D eigenvalue weighted by Crippen LogP contribution is -2.18. The fourth-order valence-corrected chi connectivity index (χ4v) is 1.99. The minimum absolute atomic E-state index is 0.0920. The van der Waals surface area contributed by atoms with Crippen LogP contribution in [0.5, 0.6) is 0 Å². The maximum absolute atomic E-state index is 13.1. The zero-order valence-corrected chi connectivity index (χ0v) is 9.45. The molecule has 1 aromatic rings. The third kappa shape index (κ3) is 2.31. The lowest BCUT2D eigenvalue weighted by Gasteiger charge is -2.17. The van der Waals surface area contributed by atoms with Gasteiger partial charge in [-0.2, -0.15) is 10.5 Å². The standard InChI is InChI=1S/C13H9F2N3/c14-11-3-12(15)5-13(4-11)18-2-1-9(8-18)10(6-16)7-17/h3-5H,1-2,8H2. The van der Waals surface area contributed by atoms with Gasteiger partial charge in [0.2, 0.25) is 0 Å². The van der Waals surface area contributed by atoms with E-state index in [4.69, 9.17) is 10.5 Å². The van der Waals surface area contributed by atoms with Gasteiger partial charge in [0.25, 0.3) is 0 Å². The Morgan fingerprint density at radius 3 is 2.28 bits per heavy atom. The van der Waals surface area contributed by atoms with Crippen LogP contribution in [0.25, 0.3) is 0 Å². The number of benzene rings is 1. The highest BCUT2D eigenvalue weighted by Gasteiger charge is 2.21. The van der Waals surface area contributed by atoms with E-state index in [1.165, 1.54) is 12.1 Å². The van der Waals surface area contributed by atoms with Gasteiger partial charge in [-0.1, -0.05) is 0 Å². The van der Waals surface area contributed by atoms with E-state index in [1.54, 1.807) is 4.90 Å². The maximum Gasteiger partial charge on any atom is 0.130 e. The number of nitrogens with zero attached hydrogens (tertiary/aromatic N) is 3. The molecule has 0 N–H and O–H groups in total. The topological polar surface area (TPSA) is 50.8 Å². The molecule has 1 fully saturated rings. The number of anilines is 1. The number of halogens is 2. The van der Waals surface area contributed by atoms with Gasteiger partial charge in [0.15, 0.2) is 0 Å². The van der Waals surface area contributed by atoms with E-state index in [0.717, 1.165) is 6.07 Å². The molecule has 0 aliphatic carbocycles. The minimum Gasteiger partial charge on any atom is -0.367 e. The van der Waals surface area contributed by atoms with Gasteiger partial charge in [0.05, 0.1) is 0 Å². The molecule has 1 aliphatic rings. The van der Waals surface area contributed by atoms with Gasteiger partial charge in [0.1, 0.15) is 29.3 Å². The molecule has 0 spiro atoms. The van der Waals surface area contributed by atoms with E-state index >= 15 is 0 Å². The van der Waals surface area contributed by atoms with Gasteiger partial charge in [0, 0.05) is 24.8 Å². The first-order valence-corrected chi connectivity index (χ1v) is 5.37. The molecule has 0 unspecified atom stereocenters. The van der Waals surface area contributed by atoms with E-state index in [9.17, 15) is 8.78 Å². The lowest BCUT2D eigenvalue weighted by atomic mass is 10.1. The van der Waals surface area contributed by atoms with Gasteiger partial charge < -0.3 is 4.90 Å². The average molecular weight is 245 g/mol. The monoisotopic (exact) mass is 245 g/mol. The van der Waals surface area contributed by atoms with Crippen LogP contribution in [-0.4, -0.2) is 13.1 Å². The lowest BCUT2D eigenvalue weighted by molar-refractivity contribution is 0.582. The zero-order chi connectivity index (χ0) is 13.1. The SMILES string of the molecule is N#CC(C#N)=C1CCN(c2cc(F)cc(F)c2)C1. The van der Waals surface area contributed by atoms with Crippen molar-refractivity contribution in [2.75, 3.05) is 18.0 Å². The smallest absolute Gasteiger partial charge is 0.130 e. The number of rotatable bonds is 1. The second-order valence-electron chi connectivity index (χ2n) is 4.00. The van der Waals surface area contributed by atoms with Crippen LogP contribution in [0.4, 0.5) is 14.5 Å². The normalized spacial score (nSPS) is 14.2. The molecule has 0 bridgehead atoms. The molecule has 0 atom stereocenters. The molecule has 90 valence electrons. The molecule has 1 aliphatic heterocycles. The maximum atomic E-state index is 13.1. The third-order valence-corrected chi connectivity index (χ3v) is 2.85. The van der Waals surface area contributed by atoms with Crippen molar-refractivity contribution in [1.82, 2.24) is 0 Å². The Morgan fingerprint density at radius 1 is 1.11 bits per heavy atom. The Labute approximate surface area is 103 Å². The molecule has 2 rings (SSSR count). The van der Waals surface area contributed by atoms with Crippen LogP contribution in [0.3, 0.4) is 0 Å². The van der Waals surface area contributed by atoms with Crippen molar-refractivity contribution in [2.45, 2.75) is 6.42 Å². The Hall–Kier alpha value is -2.40. The molecule has 1 aromatic carbocycles. The van der Waals surface area contributed by atoms with E-state index in [1.807, 2.05) is 12.1 Å². The quantitative estimate of drug-likeness (QED) is 0.714. The predicted molar refractivity (Wildman–Crippen MR) is 61.4 cm³/mol. The van der Waals surface area contributed by atoms with Crippen LogP contribution in [-0.2, 0) is 0 Å². The summed E-state index contributed by atoms with van der Waals surface area (Å²) in [4.78, 5) is 1.75. The molecule has 0 amide bonds. The van der Waals surface area contributed by atoms with Gasteiger partial charge in [-0.3, -0.25) is 0 Å². The summed E-state index contributed by atoms with van der Waals surface area (Å²) in [5.41, 5.74) is 1.23. The molecular formula is C13H9F2N3. The molecule has 18 heavy (non-hydrogen) atoms. The first kappa shape index (κ1) is 12.1. The molecule has 1 saturated heterocycles. The van der Waals surface area contributed by atoms with Crippen molar-refractivity contribution < 1.29 is 8.78 Å². The largest absolute Gasteiger partial charge is 0.367 e. The molecule has 5 heteroatoms. The number of hydrogen-bond donors (Lipinski definition) is 0. The van der Waals surface area contributed by atoms with Crippen LogP contribution < -0.4 is 4.90 Å². The van der Waals surface area contributed by atoms with Crippen LogP contribution in [0.2, 0.25) is 0 Å². The van der Waals surface area contributed by atoms with Gasteiger partial charge in [-0.25, -0.2) is 8.78 Å². The van der Waals surface area contributed by atoms with E-state index in [0.29, 0.717) is 30.8 Å². The molecule has 0 saturated carbocycles. The van der Waals surface area contributed by atoms with E-state index in [-0.39, 0.29) is 5.57 Å². The highest BCUT2D eigenvalue weighted by Crippen LogP contribution is 2.26. The Morgan fingerprint density at radius 2 is 1.72 bits per heavy atom. The third-order valence-electron chi connectivity index (χ3n) is 2.85. The van der Waals surface area contributed by atoms with E-state index < -0.39 is 11.6 Å². The number of allylic oxidation sites excluding steroid dienone is 1. The summed E-state index contributed by atoms with van der Waals surface area (Å²) in [7, 11) is 0. The Bertz CT molecular complexity index is 557. The molecular weight excluding hydrogens is 236 g/mol. The summed E-state index contributed by atoms with van der Waals surface area (Å²) in [5.74, 6) is -1.27. The van der Waals surface area contributed by atoms with Crippen LogP contribution in [0, 0.1) is 34.3 Å². The van der Waals surface area contributed by atoms with Crippen molar-refractivity contribution in [2.24, 2.45) is 0 Å². The molecule has 0 radical (unpaired) electrons. The van der Waals surface area contributed by atoms with Crippen LogP contribution in [0.1, 0.15) is 6.42 Å². The number of hydrogen-bond acceptors (Lipinski definition) is 3. The van der Waals surface area contributed by atoms with Gasteiger partial charge >= 0.3 is 0 Å². The summed E-state index contributed by atoms with van der Waals surface area (Å²) in [6.07, 6.45) is 0.564. The minimum atomic E-state index is -0.636. The summed E-state index contributed by atoms with van der Waals surface area (Å²) in [6, 6.07) is 6.96. The van der Waals surface area contributed by atoms with Crippen molar-refractivity contribution in [3.8, 4) is 12.1 Å². The summed E-state index contributed by atoms with van der Waals surface area (Å²) < 4.78 is 26.2. The Kier molecular flexibility index (Phi) is 3.25. The van der Waals surface area contributed by atoms with Crippen LogP contribution in [0.15, 0.2) is 29.3 Å². The first-order chi connectivity index (χ1) is 8.63. The summed E-state index contributed by atoms with van der Waals surface area (Å²) >= 11 is 0. The fourth-order valence-electron chi connectivity index (χ4n) is 1.99. The van der Waals surface area contributed by atoms with Crippen molar-refractivity contribution >= 4 is 5.69 Å². The predicted octanol–water partition coefficient (Wildman–Crippen LogP) is 2.52. The number of nitriles is 2. The second-order valence-corrected chi connectivity index (χ2v) is 4.00. The van der Waals surface area contributed by atoms with Gasteiger partial charge in [-0.05, 0) is 24.1 Å². The van der Waals surface area contributed by atoms with Crippen molar-refractivity contribution in [3.63, 3.8) is 0 Å². The fraction of sp³-hybridized carbons (Fsp3) is 0.231. The Balaban J connectivity index is 2.27. The van der Waals surface area contributed by atoms with Crippen molar-refractivity contribution in [3.05, 3.63) is 41.0 Å². The van der Waals surface area contributed by atoms with E-state index in [2.05, 4.69) is 0 Å². The van der Waals surface area contributed by atoms with Crippen molar-refractivity contribution in [1.29, 1.82) is 10.5 Å². The highest BCUT2D eigenvalue weighted by molar-refractivity contribution is 5.53. The average Bonchev–Trinajstić information content (AvgIpc) is 2.79. The summed E-state index contributed by atoms with van der Waals surface area (Å²) in [6.45, 7) is 0.907. The second kappa shape index (κ2) is 4.85. The van der Waals surface area contributed by atoms with Crippen LogP contribution >= 0.6 is 0 Å². The molecule has 0 aromatic heterocycles. The first-order valence-electron chi connectivity index (χ1n) is 5.37. The van der Waals surface area contributed by atoms with Gasteiger partial charge in [-0.15, -0.1) is 0 Å². The molecule has 1 heterocycles. The zero-order valence-electron chi connectivity index (χ0n) is 9.45. The molecule has 3 nitrogen and oxygen atoms in total. The highest BCUT2D eigenvalue weighted by atomic mass is 19.1. The summed E-state index contributed by atoms with van der Waals surface area (Å²) in [5, 5.41) is 17.5.